The third-order valence-corrected chi connectivity index (χ3v) is 4.37. The molecule has 1 saturated carbocycles. The molecule has 0 spiro atoms. The number of hydrogen-bond donors (Lipinski definition) is 2. The average Bonchev–Trinajstić information content (AvgIpc) is 2.37. The van der Waals surface area contributed by atoms with Crippen molar-refractivity contribution in [2.45, 2.75) is 64.9 Å². The quantitative estimate of drug-likeness (QED) is 0.894. The first kappa shape index (κ1) is 16.0. The van der Waals surface area contributed by atoms with Gasteiger partial charge in [-0.15, -0.1) is 0 Å². The first-order chi connectivity index (χ1) is 9.89. The maximum absolute atomic E-state index is 12.3. The Hall–Kier alpha value is -1.36. The summed E-state index contributed by atoms with van der Waals surface area (Å²) in [5.41, 5.74) is 5.97. The van der Waals surface area contributed by atoms with Crippen LogP contribution >= 0.6 is 0 Å². The number of rotatable bonds is 4. The number of nitrogen functional groups attached to an aromatic ring is 1. The largest absolute Gasteiger partial charge is 0.383 e. The molecule has 1 aromatic heterocycles. The predicted molar refractivity (Wildman–Crippen MR) is 84.3 cm³/mol. The molecule has 1 aliphatic carbocycles. The van der Waals surface area contributed by atoms with Gasteiger partial charge in [0.25, 0.3) is 5.56 Å². The Morgan fingerprint density at radius 3 is 2.76 bits per heavy atom. The molecule has 1 aromatic rings. The lowest BCUT2D eigenvalue weighted by atomic mass is 9.78. The van der Waals surface area contributed by atoms with E-state index >= 15 is 0 Å². The average molecular weight is 293 g/mol. The van der Waals surface area contributed by atoms with Crippen LogP contribution in [0.5, 0.6) is 0 Å². The van der Waals surface area contributed by atoms with E-state index in [0.29, 0.717) is 29.7 Å². The maximum atomic E-state index is 12.3. The van der Waals surface area contributed by atoms with Crippen molar-refractivity contribution in [2.24, 2.45) is 5.92 Å². The first-order valence-corrected chi connectivity index (χ1v) is 7.93. The van der Waals surface area contributed by atoms with Gasteiger partial charge < -0.3 is 15.5 Å². The lowest BCUT2D eigenvalue weighted by Crippen LogP contribution is -2.39. The topological polar surface area (TPSA) is 81.0 Å². The molecule has 0 amide bonds. The fourth-order valence-electron chi connectivity index (χ4n) is 3.47. The van der Waals surface area contributed by atoms with Crippen LogP contribution in [-0.2, 0) is 10.3 Å². The molecule has 1 heterocycles. The van der Waals surface area contributed by atoms with E-state index in [0.717, 1.165) is 19.3 Å². The molecule has 5 nitrogen and oxygen atoms in total. The van der Waals surface area contributed by atoms with Gasteiger partial charge in [0, 0.05) is 6.61 Å². The third kappa shape index (κ3) is 3.12. The van der Waals surface area contributed by atoms with Gasteiger partial charge in [0.2, 0.25) is 0 Å². The van der Waals surface area contributed by atoms with E-state index in [2.05, 4.69) is 16.9 Å². The van der Waals surface area contributed by atoms with Crippen molar-refractivity contribution in [3.8, 4) is 0 Å². The number of H-pyrrole nitrogens is 1. The smallest absolute Gasteiger partial charge is 0.256 e. The molecule has 0 aliphatic heterocycles. The summed E-state index contributed by atoms with van der Waals surface area (Å²) in [6.45, 7) is 8.69. The Labute approximate surface area is 126 Å². The van der Waals surface area contributed by atoms with E-state index in [-0.39, 0.29) is 11.5 Å². The second kappa shape index (κ2) is 6.18. The van der Waals surface area contributed by atoms with Crippen LogP contribution in [0.25, 0.3) is 0 Å². The predicted octanol–water partition coefficient (Wildman–Crippen LogP) is 2.92. The lowest BCUT2D eigenvalue weighted by molar-refractivity contribution is -0.0881. The van der Waals surface area contributed by atoms with Crippen LogP contribution in [0.3, 0.4) is 0 Å². The van der Waals surface area contributed by atoms with E-state index in [4.69, 9.17) is 10.5 Å². The SMILES string of the molecule is CCOC1(c2nc(N)c(C(C)C)c(=O)[nH]2)CCCC(C)C1. The standard InChI is InChI=1S/C16H27N3O2/c1-5-21-16(8-6-7-11(4)9-16)15-18-13(17)12(10(2)3)14(20)19-15/h10-11H,5-9H2,1-4H3,(H3,17,18,19,20). The molecule has 21 heavy (non-hydrogen) atoms. The van der Waals surface area contributed by atoms with Crippen molar-refractivity contribution in [1.82, 2.24) is 9.97 Å². The van der Waals surface area contributed by atoms with Crippen LogP contribution < -0.4 is 11.3 Å². The minimum absolute atomic E-state index is 0.0589. The molecule has 2 atom stereocenters. The van der Waals surface area contributed by atoms with Gasteiger partial charge in [0.1, 0.15) is 17.2 Å². The van der Waals surface area contributed by atoms with Gasteiger partial charge in [-0.25, -0.2) is 4.98 Å². The second-order valence-corrected chi connectivity index (χ2v) is 6.50. The highest BCUT2D eigenvalue weighted by atomic mass is 16.5. The van der Waals surface area contributed by atoms with Crippen molar-refractivity contribution in [1.29, 1.82) is 0 Å². The molecular formula is C16H27N3O2. The van der Waals surface area contributed by atoms with Gasteiger partial charge >= 0.3 is 0 Å². The van der Waals surface area contributed by atoms with Crippen LogP contribution in [0, 0.1) is 5.92 Å². The lowest BCUT2D eigenvalue weighted by Gasteiger charge is -2.38. The second-order valence-electron chi connectivity index (χ2n) is 6.50. The van der Waals surface area contributed by atoms with Gasteiger partial charge in [-0.1, -0.05) is 27.2 Å². The van der Waals surface area contributed by atoms with Crippen LogP contribution in [0.15, 0.2) is 4.79 Å². The molecule has 1 fully saturated rings. The molecule has 0 radical (unpaired) electrons. The van der Waals surface area contributed by atoms with Gasteiger partial charge in [-0.05, 0) is 38.0 Å². The van der Waals surface area contributed by atoms with E-state index in [1.807, 2.05) is 20.8 Å². The summed E-state index contributed by atoms with van der Waals surface area (Å²) in [6, 6.07) is 0. The maximum Gasteiger partial charge on any atom is 0.256 e. The normalized spacial score (nSPS) is 26.2. The first-order valence-electron chi connectivity index (χ1n) is 7.93. The molecule has 0 saturated heterocycles. The number of nitrogens with one attached hydrogen (secondary N) is 1. The van der Waals surface area contributed by atoms with E-state index < -0.39 is 5.60 Å². The monoisotopic (exact) mass is 293 g/mol. The van der Waals surface area contributed by atoms with Crippen molar-refractivity contribution >= 4 is 5.82 Å². The van der Waals surface area contributed by atoms with E-state index in [1.165, 1.54) is 6.42 Å². The molecule has 0 bridgehead atoms. The van der Waals surface area contributed by atoms with Crippen LogP contribution in [-0.4, -0.2) is 16.6 Å². The number of aromatic amines is 1. The Balaban J connectivity index is 2.49. The summed E-state index contributed by atoms with van der Waals surface area (Å²) >= 11 is 0. The zero-order valence-corrected chi connectivity index (χ0v) is 13.5. The zero-order chi connectivity index (χ0) is 15.6. The van der Waals surface area contributed by atoms with E-state index in [1.54, 1.807) is 0 Å². The number of nitrogens with zero attached hydrogens (tertiary/aromatic N) is 1. The van der Waals surface area contributed by atoms with Crippen molar-refractivity contribution in [3.63, 3.8) is 0 Å². The third-order valence-electron chi connectivity index (χ3n) is 4.37. The van der Waals surface area contributed by atoms with Gasteiger partial charge in [0.05, 0.1) is 5.56 Å². The van der Waals surface area contributed by atoms with Crippen LogP contribution in [0.4, 0.5) is 5.82 Å². The minimum Gasteiger partial charge on any atom is -0.383 e. The Bertz CT molecular complexity index is 549. The molecule has 3 N–H and O–H groups in total. The molecule has 5 heteroatoms. The van der Waals surface area contributed by atoms with Gasteiger partial charge in [-0.3, -0.25) is 4.79 Å². The summed E-state index contributed by atoms with van der Waals surface area (Å²) in [6.07, 6.45) is 4.04. The summed E-state index contributed by atoms with van der Waals surface area (Å²) in [5.74, 6) is 1.55. The molecule has 118 valence electrons. The highest BCUT2D eigenvalue weighted by Gasteiger charge is 2.40. The van der Waals surface area contributed by atoms with Crippen molar-refractivity contribution < 1.29 is 4.74 Å². The number of nitrogens with two attached hydrogens (primary N) is 1. The van der Waals surface area contributed by atoms with Crippen LogP contribution in [0.2, 0.25) is 0 Å². The fourth-order valence-corrected chi connectivity index (χ4v) is 3.47. The zero-order valence-electron chi connectivity index (χ0n) is 13.5. The highest BCUT2D eigenvalue weighted by Crippen LogP contribution is 2.41. The van der Waals surface area contributed by atoms with Crippen molar-refractivity contribution in [2.75, 3.05) is 12.3 Å². The number of ether oxygens (including phenoxy) is 1. The Kier molecular flexibility index (Phi) is 4.71. The molecule has 1 aliphatic rings. The number of aromatic nitrogens is 2. The molecule has 0 aromatic carbocycles. The summed E-state index contributed by atoms with van der Waals surface area (Å²) in [5, 5.41) is 0. The molecule has 2 rings (SSSR count). The summed E-state index contributed by atoms with van der Waals surface area (Å²) < 4.78 is 6.05. The van der Waals surface area contributed by atoms with Gasteiger partial charge in [-0.2, -0.15) is 0 Å². The fraction of sp³-hybridized carbons (Fsp3) is 0.750. The Morgan fingerprint density at radius 2 is 2.24 bits per heavy atom. The van der Waals surface area contributed by atoms with Gasteiger partial charge in [0.15, 0.2) is 0 Å². The number of anilines is 1. The van der Waals surface area contributed by atoms with E-state index in [9.17, 15) is 4.79 Å². The summed E-state index contributed by atoms with van der Waals surface area (Å²) in [4.78, 5) is 19.8. The Morgan fingerprint density at radius 1 is 1.52 bits per heavy atom. The number of hydrogen-bond acceptors (Lipinski definition) is 4. The minimum atomic E-state index is -0.491. The highest BCUT2D eigenvalue weighted by molar-refractivity contribution is 5.40. The molecule has 2 unspecified atom stereocenters. The summed E-state index contributed by atoms with van der Waals surface area (Å²) in [7, 11) is 0. The molecular weight excluding hydrogens is 266 g/mol. The van der Waals surface area contributed by atoms with Crippen LogP contribution in [0.1, 0.15) is 70.7 Å². The van der Waals surface area contributed by atoms with Crippen molar-refractivity contribution in [3.05, 3.63) is 21.7 Å².